The standard InChI is InChI=1S/C11H8N4O2/c16-9-4-10(17)15-11(14-9)8(6-13-15)7-2-1-3-12-5-7/h1-3,5-6H,4H2,(H,14,16). The van der Waals surface area contributed by atoms with Crippen LogP contribution < -0.4 is 5.32 Å². The third-order valence-electron chi connectivity index (χ3n) is 2.55. The normalized spacial score (nSPS) is 14.4. The first kappa shape index (κ1) is 9.71. The van der Waals surface area contributed by atoms with Crippen LogP contribution in [0.3, 0.4) is 0 Å². The zero-order valence-electron chi connectivity index (χ0n) is 8.75. The topological polar surface area (TPSA) is 76.9 Å². The zero-order valence-corrected chi connectivity index (χ0v) is 8.75. The molecule has 3 rings (SSSR count). The molecule has 1 N–H and O–H groups in total. The van der Waals surface area contributed by atoms with Crippen LogP contribution in [0.2, 0.25) is 0 Å². The van der Waals surface area contributed by atoms with E-state index in [-0.39, 0.29) is 18.2 Å². The van der Waals surface area contributed by atoms with Gasteiger partial charge in [0.05, 0.1) is 6.20 Å². The number of carbonyl (C=O) groups is 2. The average Bonchev–Trinajstić information content (AvgIpc) is 2.74. The maximum Gasteiger partial charge on any atom is 0.258 e. The summed E-state index contributed by atoms with van der Waals surface area (Å²) in [6, 6.07) is 3.63. The van der Waals surface area contributed by atoms with Crippen molar-refractivity contribution in [2.24, 2.45) is 0 Å². The molecule has 0 atom stereocenters. The Bertz CT molecular complexity index is 603. The molecule has 0 aliphatic carbocycles. The molecular formula is C11H8N4O2. The van der Waals surface area contributed by atoms with E-state index < -0.39 is 0 Å². The zero-order chi connectivity index (χ0) is 11.8. The SMILES string of the molecule is O=C1CC(=O)n2ncc(-c3cccnc3)c2N1. The quantitative estimate of drug-likeness (QED) is 0.736. The maximum atomic E-state index is 11.6. The van der Waals surface area contributed by atoms with E-state index >= 15 is 0 Å². The average molecular weight is 228 g/mol. The van der Waals surface area contributed by atoms with Gasteiger partial charge >= 0.3 is 0 Å². The molecule has 0 saturated heterocycles. The van der Waals surface area contributed by atoms with Crippen molar-refractivity contribution < 1.29 is 9.59 Å². The maximum absolute atomic E-state index is 11.6. The molecule has 2 aromatic heterocycles. The van der Waals surface area contributed by atoms with Gasteiger partial charge < -0.3 is 5.32 Å². The summed E-state index contributed by atoms with van der Waals surface area (Å²) < 4.78 is 1.21. The van der Waals surface area contributed by atoms with Gasteiger partial charge in [-0.3, -0.25) is 14.6 Å². The molecule has 2 aromatic rings. The number of anilines is 1. The predicted molar refractivity (Wildman–Crippen MR) is 59.3 cm³/mol. The summed E-state index contributed by atoms with van der Waals surface area (Å²) in [5, 5.41) is 6.62. The number of nitrogens with zero attached hydrogens (tertiary/aromatic N) is 3. The summed E-state index contributed by atoms with van der Waals surface area (Å²) in [5.74, 6) is -0.216. The number of aromatic nitrogens is 3. The van der Waals surface area contributed by atoms with E-state index in [1.54, 1.807) is 24.7 Å². The summed E-state index contributed by atoms with van der Waals surface area (Å²) in [5.41, 5.74) is 1.50. The first-order chi connectivity index (χ1) is 8.25. The third kappa shape index (κ3) is 1.50. The van der Waals surface area contributed by atoms with Crippen molar-refractivity contribution in [1.29, 1.82) is 0 Å². The molecule has 17 heavy (non-hydrogen) atoms. The van der Waals surface area contributed by atoms with E-state index in [1.165, 1.54) is 4.68 Å². The van der Waals surface area contributed by atoms with Crippen LogP contribution in [0.1, 0.15) is 11.2 Å². The summed E-state index contributed by atoms with van der Waals surface area (Å²) >= 11 is 0. The highest BCUT2D eigenvalue weighted by atomic mass is 16.2. The minimum atomic E-state index is -0.320. The lowest BCUT2D eigenvalue weighted by molar-refractivity contribution is -0.115. The van der Waals surface area contributed by atoms with Crippen molar-refractivity contribution in [3.63, 3.8) is 0 Å². The largest absolute Gasteiger partial charge is 0.310 e. The molecule has 84 valence electrons. The first-order valence-corrected chi connectivity index (χ1v) is 5.07. The van der Waals surface area contributed by atoms with E-state index in [9.17, 15) is 9.59 Å². The van der Waals surface area contributed by atoms with Crippen molar-refractivity contribution in [1.82, 2.24) is 14.8 Å². The van der Waals surface area contributed by atoms with Gasteiger partial charge in [-0.05, 0) is 6.07 Å². The van der Waals surface area contributed by atoms with Gasteiger partial charge in [0.15, 0.2) is 0 Å². The Labute approximate surface area is 96.3 Å². The second-order valence-electron chi connectivity index (χ2n) is 3.68. The number of hydrogen-bond acceptors (Lipinski definition) is 4. The van der Waals surface area contributed by atoms with Gasteiger partial charge in [0.1, 0.15) is 12.2 Å². The lowest BCUT2D eigenvalue weighted by atomic mass is 10.1. The fourth-order valence-corrected chi connectivity index (χ4v) is 1.78. The molecule has 6 heteroatoms. The Balaban J connectivity index is 2.15. The summed E-state index contributed by atoms with van der Waals surface area (Å²) in [4.78, 5) is 26.9. The number of hydrogen-bond donors (Lipinski definition) is 1. The monoisotopic (exact) mass is 228 g/mol. The fraction of sp³-hybridized carbons (Fsp3) is 0.0909. The Morgan fingerprint density at radius 2 is 2.18 bits per heavy atom. The summed E-state index contributed by atoms with van der Waals surface area (Å²) in [7, 11) is 0. The first-order valence-electron chi connectivity index (χ1n) is 5.07. The molecule has 0 fully saturated rings. The van der Waals surface area contributed by atoms with Crippen LogP contribution in [0.4, 0.5) is 5.82 Å². The molecule has 0 unspecified atom stereocenters. The van der Waals surface area contributed by atoms with E-state index in [0.717, 1.165) is 5.56 Å². The van der Waals surface area contributed by atoms with E-state index in [2.05, 4.69) is 15.4 Å². The highest BCUT2D eigenvalue weighted by molar-refractivity contribution is 6.10. The molecular weight excluding hydrogens is 220 g/mol. The number of fused-ring (bicyclic) bond motifs is 1. The molecule has 1 aliphatic heterocycles. The van der Waals surface area contributed by atoms with Crippen molar-refractivity contribution >= 4 is 17.6 Å². The molecule has 0 radical (unpaired) electrons. The van der Waals surface area contributed by atoms with Crippen LogP contribution in [0, 0.1) is 0 Å². The van der Waals surface area contributed by atoms with Crippen molar-refractivity contribution in [3.05, 3.63) is 30.7 Å². The van der Waals surface area contributed by atoms with Gasteiger partial charge in [-0.1, -0.05) is 6.07 Å². The van der Waals surface area contributed by atoms with Gasteiger partial charge in [0.2, 0.25) is 5.91 Å². The number of carbonyl (C=O) groups excluding carboxylic acids is 2. The molecule has 0 aromatic carbocycles. The van der Waals surface area contributed by atoms with Crippen LogP contribution >= 0.6 is 0 Å². The number of nitrogens with one attached hydrogen (secondary N) is 1. The highest BCUT2D eigenvalue weighted by Gasteiger charge is 2.26. The molecule has 3 heterocycles. The molecule has 0 spiro atoms. The van der Waals surface area contributed by atoms with Crippen LogP contribution in [0.25, 0.3) is 11.1 Å². The Morgan fingerprint density at radius 3 is 2.94 bits per heavy atom. The minimum Gasteiger partial charge on any atom is -0.310 e. The van der Waals surface area contributed by atoms with Crippen LogP contribution in [-0.4, -0.2) is 26.6 Å². The van der Waals surface area contributed by atoms with Crippen molar-refractivity contribution in [2.45, 2.75) is 6.42 Å². The number of pyridine rings is 1. The predicted octanol–water partition coefficient (Wildman–Crippen LogP) is 0.927. The molecule has 1 amide bonds. The Morgan fingerprint density at radius 1 is 1.29 bits per heavy atom. The van der Waals surface area contributed by atoms with Gasteiger partial charge in [0.25, 0.3) is 5.91 Å². The van der Waals surface area contributed by atoms with Gasteiger partial charge in [-0.15, -0.1) is 0 Å². The second-order valence-corrected chi connectivity index (χ2v) is 3.68. The van der Waals surface area contributed by atoms with Crippen LogP contribution in [-0.2, 0) is 4.79 Å². The summed E-state index contributed by atoms with van der Waals surface area (Å²) in [6.07, 6.45) is 4.70. The highest BCUT2D eigenvalue weighted by Crippen LogP contribution is 2.29. The molecule has 6 nitrogen and oxygen atoms in total. The fourth-order valence-electron chi connectivity index (χ4n) is 1.78. The molecule has 1 aliphatic rings. The number of rotatable bonds is 1. The van der Waals surface area contributed by atoms with Crippen LogP contribution in [0.15, 0.2) is 30.7 Å². The van der Waals surface area contributed by atoms with Gasteiger partial charge in [0, 0.05) is 23.5 Å². The Kier molecular flexibility index (Phi) is 2.01. The van der Waals surface area contributed by atoms with E-state index in [0.29, 0.717) is 11.4 Å². The van der Waals surface area contributed by atoms with Gasteiger partial charge in [-0.2, -0.15) is 9.78 Å². The van der Waals surface area contributed by atoms with Crippen LogP contribution in [0.5, 0.6) is 0 Å². The molecule has 0 saturated carbocycles. The number of amides is 1. The van der Waals surface area contributed by atoms with Crippen molar-refractivity contribution in [3.8, 4) is 11.1 Å². The third-order valence-corrected chi connectivity index (χ3v) is 2.55. The summed E-state index contributed by atoms with van der Waals surface area (Å²) in [6.45, 7) is 0. The van der Waals surface area contributed by atoms with Gasteiger partial charge in [-0.25, -0.2) is 0 Å². The molecule has 0 bridgehead atoms. The second kappa shape index (κ2) is 3.51. The lowest BCUT2D eigenvalue weighted by Gasteiger charge is -2.14. The minimum absolute atomic E-state index is 0.166. The van der Waals surface area contributed by atoms with E-state index in [1.807, 2.05) is 6.07 Å². The Hall–Kier alpha value is -2.50. The van der Waals surface area contributed by atoms with E-state index in [4.69, 9.17) is 0 Å². The lowest BCUT2D eigenvalue weighted by Crippen LogP contribution is -2.29. The van der Waals surface area contributed by atoms with Crippen molar-refractivity contribution in [2.75, 3.05) is 5.32 Å². The smallest absolute Gasteiger partial charge is 0.258 e.